The van der Waals surface area contributed by atoms with E-state index in [0.29, 0.717) is 0 Å². The van der Waals surface area contributed by atoms with Gasteiger partial charge in [-0.05, 0) is 17.5 Å². The number of fused-ring (bicyclic) bond motifs is 1. The van der Waals surface area contributed by atoms with Gasteiger partial charge in [-0.1, -0.05) is 52.8 Å². The summed E-state index contributed by atoms with van der Waals surface area (Å²) < 4.78 is 0. The maximum Gasteiger partial charge on any atom is 0.0456 e. The van der Waals surface area contributed by atoms with Crippen LogP contribution in [0.15, 0.2) is 30.3 Å². The summed E-state index contributed by atoms with van der Waals surface area (Å²) in [6.45, 7) is 10.7. The molecule has 0 bridgehead atoms. The molecule has 0 aliphatic carbocycles. The van der Waals surface area contributed by atoms with Gasteiger partial charge in [0.15, 0.2) is 0 Å². The molecule has 0 amide bonds. The van der Waals surface area contributed by atoms with Crippen LogP contribution in [0.4, 0.5) is 0 Å². The molecule has 1 aromatic carbocycles. The van der Waals surface area contributed by atoms with Gasteiger partial charge in [-0.15, -0.1) is 0 Å². The Bertz CT molecular complexity index is 385. The van der Waals surface area contributed by atoms with Gasteiger partial charge >= 0.3 is 0 Å². The molecule has 1 nitrogen and oxygen atoms in total. The summed E-state index contributed by atoms with van der Waals surface area (Å²) in [6.07, 6.45) is 0. The molecule has 0 aliphatic rings. The standard InChI is InChI=1S/C12H15N.C2H6/c1-12(2,3)11-8-9-6-4-5-7-10(9)13-11;1-2/h4-8,13H,1-3H3;1-2H3. The molecule has 0 saturated carbocycles. The van der Waals surface area contributed by atoms with Gasteiger partial charge in [-0.2, -0.15) is 0 Å². The van der Waals surface area contributed by atoms with Gasteiger partial charge in [0, 0.05) is 16.6 Å². The van der Waals surface area contributed by atoms with E-state index in [4.69, 9.17) is 0 Å². The van der Waals surface area contributed by atoms with Crippen molar-refractivity contribution in [3.8, 4) is 0 Å². The molecule has 82 valence electrons. The van der Waals surface area contributed by atoms with E-state index in [0.717, 1.165) is 0 Å². The molecule has 1 N–H and O–H groups in total. The van der Waals surface area contributed by atoms with Crippen molar-refractivity contribution < 1.29 is 0 Å². The highest BCUT2D eigenvalue weighted by Crippen LogP contribution is 2.25. The van der Waals surface area contributed by atoms with Gasteiger partial charge in [0.05, 0.1) is 0 Å². The number of hydrogen-bond acceptors (Lipinski definition) is 0. The minimum Gasteiger partial charge on any atom is -0.358 e. The van der Waals surface area contributed by atoms with E-state index in [-0.39, 0.29) is 5.41 Å². The van der Waals surface area contributed by atoms with Crippen LogP contribution in [0, 0.1) is 0 Å². The Morgan fingerprint density at radius 3 is 2.13 bits per heavy atom. The summed E-state index contributed by atoms with van der Waals surface area (Å²) >= 11 is 0. The molecule has 1 heterocycles. The molecular weight excluding hydrogens is 182 g/mol. The van der Waals surface area contributed by atoms with Crippen LogP contribution in [0.1, 0.15) is 40.3 Å². The van der Waals surface area contributed by atoms with E-state index in [2.05, 4.69) is 56.1 Å². The van der Waals surface area contributed by atoms with Crippen LogP contribution < -0.4 is 0 Å². The van der Waals surface area contributed by atoms with Gasteiger partial charge in [-0.3, -0.25) is 0 Å². The number of rotatable bonds is 0. The van der Waals surface area contributed by atoms with Crippen LogP contribution in [0.5, 0.6) is 0 Å². The first-order chi connectivity index (χ1) is 7.07. The van der Waals surface area contributed by atoms with Crippen molar-refractivity contribution in [3.05, 3.63) is 36.0 Å². The molecule has 2 aromatic rings. The van der Waals surface area contributed by atoms with Crippen molar-refractivity contribution >= 4 is 10.9 Å². The van der Waals surface area contributed by atoms with Crippen LogP contribution in [0.2, 0.25) is 0 Å². The van der Waals surface area contributed by atoms with Crippen molar-refractivity contribution in [2.45, 2.75) is 40.0 Å². The first-order valence-corrected chi connectivity index (χ1v) is 5.65. The zero-order chi connectivity index (χ0) is 11.5. The number of H-pyrrole nitrogens is 1. The van der Waals surface area contributed by atoms with E-state index in [1.54, 1.807) is 0 Å². The smallest absolute Gasteiger partial charge is 0.0456 e. The van der Waals surface area contributed by atoms with E-state index in [1.165, 1.54) is 16.6 Å². The average Bonchev–Trinajstić information content (AvgIpc) is 2.63. The molecule has 0 spiro atoms. The fraction of sp³-hybridized carbons (Fsp3) is 0.429. The summed E-state index contributed by atoms with van der Waals surface area (Å²) in [5, 5.41) is 1.30. The Labute approximate surface area is 92.5 Å². The number of aromatic amines is 1. The second kappa shape index (κ2) is 4.52. The lowest BCUT2D eigenvalue weighted by molar-refractivity contribution is 0.574. The number of benzene rings is 1. The van der Waals surface area contributed by atoms with E-state index < -0.39 is 0 Å². The number of para-hydroxylation sites is 1. The third kappa shape index (κ3) is 2.62. The normalized spacial score (nSPS) is 11.0. The van der Waals surface area contributed by atoms with Crippen LogP contribution in [0.3, 0.4) is 0 Å². The minimum atomic E-state index is 0.207. The summed E-state index contributed by atoms with van der Waals surface area (Å²) in [5.74, 6) is 0. The second-order valence-electron chi connectivity index (χ2n) is 4.52. The quantitative estimate of drug-likeness (QED) is 0.649. The maximum atomic E-state index is 3.44. The van der Waals surface area contributed by atoms with Crippen molar-refractivity contribution in [1.29, 1.82) is 0 Å². The van der Waals surface area contributed by atoms with Gasteiger partial charge in [0.25, 0.3) is 0 Å². The molecule has 0 unspecified atom stereocenters. The average molecular weight is 203 g/mol. The molecule has 15 heavy (non-hydrogen) atoms. The lowest BCUT2D eigenvalue weighted by Crippen LogP contribution is -2.10. The molecule has 1 heteroatoms. The van der Waals surface area contributed by atoms with Crippen LogP contribution >= 0.6 is 0 Å². The number of aromatic nitrogens is 1. The summed E-state index contributed by atoms with van der Waals surface area (Å²) in [6, 6.07) is 10.6. The van der Waals surface area contributed by atoms with E-state index in [9.17, 15) is 0 Å². The number of nitrogens with one attached hydrogen (secondary N) is 1. The van der Waals surface area contributed by atoms with Crippen LogP contribution in [0.25, 0.3) is 10.9 Å². The lowest BCUT2D eigenvalue weighted by atomic mass is 9.92. The van der Waals surface area contributed by atoms with Crippen molar-refractivity contribution in [3.63, 3.8) is 0 Å². The number of hydrogen-bond donors (Lipinski definition) is 1. The Morgan fingerprint density at radius 1 is 1.00 bits per heavy atom. The van der Waals surface area contributed by atoms with E-state index in [1.807, 2.05) is 13.8 Å². The Balaban J connectivity index is 0.000000531. The molecule has 1 aromatic heterocycles. The zero-order valence-corrected chi connectivity index (χ0v) is 10.4. The van der Waals surface area contributed by atoms with Gasteiger partial charge in [-0.25, -0.2) is 0 Å². The molecule has 2 rings (SSSR count). The summed E-state index contributed by atoms with van der Waals surface area (Å²) in [7, 11) is 0. The molecule has 0 radical (unpaired) electrons. The summed E-state index contributed by atoms with van der Waals surface area (Å²) in [4.78, 5) is 3.44. The monoisotopic (exact) mass is 203 g/mol. The van der Waals surface area contributed by atoms with Gasteiger partial charge in [0.2, 0.25) is 0 Å². The van der Waals surface area contributed by atoms with Crippen LogP contribution in [-0.4, -0.2) is 4.98 Å². The largest absolute Gasteiger partial charge is 0.358 e. The zero-order valence-electron chi connectivity index (χ0n) is 10.4. The highest BCUT2D eigenvalue weighted by molar-refractivity contribution is 5.80. The predicted molar refractivity (Wildman–Crippen MR) is 68.3 cm³/mol. The predicted octanol–water partition coefficient (Wildman–Crippen LogP) is 4.49. The van der Waals surface area contributed by atoms with Gasteiger partial charge in [0.1, 0.15) is 0 Å². The fourth-order valence-corrected chi connectivity index (χ4v) is 1.48. The Morgan fingerprint density at radius 2 is 1.60 bits per heavy atom. The second-order valence-corrected chi connectivity index (χ2v) is 4.52. The summed E-state index contributed by atoms with van der Waals surface area (Å²) in [5.41, 5.74) is 2.74. The molecule has 0 atom stereocenters. The van der Waals surface area contributed by atoms with Gasteiger partial charge < -0.3 is 4.98 Å². The first kappa shape index (κ1) is 11.8. The Hall–Kier alpha value is -1.24. The fourth-order valence-electron chi connectivity index (χ4n) is 1.48. The maximum absolute atomic E-state index is 3.44. The topological polar surface area (TPSA) is 15.8 Å². The molecule has 0 saturated heterocycles. The highest BCUT2D eigenvalue weighted by Gasteiger charge is 2.15. The molecular formula is C14H21N. The third-order valence-corrected chi connectivity index (χ3v) is 2.34. The Kier molecular flexibility index (Phi) is 3.57. The van der Waals surface area contributed by atoms with Crippen molar-refractivity contribution in [1.82, 2.24) is 4.98 Å². The SMILES string of the molecule is CC.CC(C)(C)c1cc2ccccc2[nH]1. The van der Waals surface area contributed by atoms with Crippen LogP contribution in [-0.2, 0) is 5.41 Å². The van der Waals surface area contributed by atoms with E-state index >= 15 is 0 Å². The third-order valence-electron chi connectivity index (χ3n) is 2.34. The lowest BCUT2D eigenvalue weighted by Gasteiger charge is -2.15. The minimum absolute atomic E-state index is 0.207. The van der Waals surface area contributed by atoms with Crippen molar-refractivity contribution in [2.24, 2.45) is 0 Å². The highest BCUT2D eigenvalue weighted by atomic mass is 14.7. The molecule has 0 fully saturated rings. The molecule has 0 aliphatic heterocycles. The first-order valence-electron chi connectivity index (χ1n) is 5.65. The van der Waals surface area contributed by atoms with Crippen molar-refractivity contribution in [2.75, 3.05) is 0 Å².